The highest BCUT2D eigenvalue weighted by atomic mass is 32.2. The van der Waals surface area contributed by atoms with E-state index >= 15 is 0 Å². The van der Waals surface area contributed by atoms with Gasteiger partial charge in [0.1, 0.15) is 11.3 Å². The van der Waals surface area contributed by atoms with Crippen molar-refractivity contribution in [2.75, 3.05) is 31.7 Å². The number of thiophene rings is 1. The number of halogens is 5. The number of anilines is 1. The number of carbonyl (C=O) groups is 2. The summed E-state index contributed by atoms with van der Waals surface area (Å²) < 4.78 is 107. The van der Waals surface area contributed by atoms with Crippen molar-refractivity contribution in [3.8, 4) is 5.75 Å². The molecule has 0 fully saturated rings. The third-order valence-corrected chi connectivity index (χ3v) is 9.06. The Hall–Kier alpha value is -3.56. The van der Waals surface area contributed by atoms with Gasteiger partial charge < -0.3 is 14.4 Å². The lowest BCUT2D eigenvalue weighted by atomic mass is 10.1. The fraction of sp³-hybridized carbons (Fsp3) is 0.379. The summed E-state index contributed by atoms with van der Waals surface area (Å²) >= 11 is 1.28. The number of hydrogen-bond acceptors (Lipinski definition) is 7. The number of sulfonamides is 1. The van der Waals surface area contributed by atoms with Crippen LogP contribution in [0.3, 0.4) is 0 Å². The number of unbranched alkanes of at least 4 members (excludes halogenated alkanes) is 2. The molecule has 0 unspecified atom stereocenters. The minimum atomic E-state index is -5.38. The summed E-state index contributed by atoms with van der Waals surface area (Å²) in [6.45, 7) is 3.20. The number of likely N-dealkylation sites (N-methyl/N-ethyl adjacent to an activating group) is 1. The average molecular weight is 663 g/mol. The zero-order chi connectivity index (χ0) is 32.6. The Morgan fingerprint density at radius 2 is 1.50 bits per heavy atom. The first kappa shape index (κ1) is 34.9. The lowest BCUT2D eigenvalue weighted by Gasteiger charge is -2.26. The van der Waals surface area contributed by atoms with Crippen molar-refractivity contribution in [2.24, 2.45) is 0 Å². The van der Waals surface area contributed by atoms with E-state index in [1.165, 1.54) is 29.5 Å². The van der Waals surface area contributed by atoms with E-state index in [1.54, 1.807) is 17.5 Å². The second-order valence-corrected chi connectivity index (χ2v) is 12.6. The van der Waals surface area contributed by atoms with Crippen LogP contribution >= 0.6 is 11.3 Å². The van der Waals surface area contributed by atoms with E-state index < -0.39 is 62.4 Å². The van der Waals surface area contributed by atoms with Gasteiger partial charge in [-0.05, 0) is 36.4 Å². The Morgan fingerprint density at radius 3 is 2.09 bits per heavy atom. The average Bonchev–Trinajstić information content (AvgIpc) is 3.51. The Morgan fingerprint density at radius 1 is 0.886 bits per heavy atom. The van der Waals surface area contributed by atoms with Gasteiger partial charge in [0.05, 0.1) is 26.3 Å². The largest absolute Gasteiger partial charge is 0.493 e. The van der Waals surface area contributed by atoms with Crippen molar-refractivity contribution in [2.45, 2.75) is 51.0 Å². The Labute approximate surface area is 256 Å². The predicted octanol–water partition coefficient (Wildman–Crippen LogP) is 6.43. The van der Waals surface area contributed by atoms with Crippen molar-refractivity contribution >= 4 is 38.9 Å². The third kappa shape index (κ3) is 7.93. The van der Waals surface area contributed by atoms with Gasteiger partial charge in [-0.2, -0.15) is 4.31 Å². The lowest BCUT2D eigenvalue weighted by Crippen LogP contribution is -2.41. The Bertz CT molecular complexity index is 1560. The second kappa shape index (κ2) is 15.4. The van der Waals surface area contributed by atoms with Gasteiger partial charge in [0.25, 0.3) is 0 Å². The zero-order valence-electron chi connectivity index (χ0n) is 24.2. The molecule has 3 rings (SSSR count). The topological polar surface area (TPSA) is 93.2 Å². The standard InChI is InChI=1S/C29H31F5N2O6S2/c1-4-6-12-41-21-15-18(10-11-20(21)29(38)42-13-7-5-2)36(16-19-9-8-14-43-19)22(37)17-35(3)44(39,40)28-26(33)24(31)23(30)25(32)27(28)34/h8-11,14-15H,4-7,12-13,16-17H2,1-3H3. The maximum atomic E-state index is 14.4. The molecular weight excluding hydrogens is 631 g/mol. The van der Waals surface area contributed by atoms with Gasteiger partial charge in [-0.1, -0.05) is 32.8 Å². The molecule has 1 aromatic heterocycles. The van der Waals surface area contributed by atoms with Gasteiger partial charge in [0.2, 0.25) is 21.7 Å². The summed E-state index contributed by atoms with van der Waals surface area (Å²) in [6, 6.07) is 7.66. The number of benzene rings is 2. The normalized spacial score (nSPS) is 11.6. The summed E-state index contributed by atoms with van der Waals surface area (Å²) in [7, 11) is -4.61. The summed E-state index contributed by atoms with van der Waals surface area (Å²) in [5.41, 5.74) is 0.289. The van der Waals surface area contributed by atoms with Crippen LogP contribution in [-0.2, 0) is 26.1 Å². The number of carbonyl (C=O) groups excluding carboxylic acids is 2. The van der Waals surface area contributed by atoms with E-state index in [1.807, 2.05) is 13.8 Å². The van der Waals surface area contributed by atoms with Crippen LogP contribution in [0.1, 0.15) is 54.8 Å². The molecule has 1 amide bonds. The molecule has 2 aromatic carbocycles. The third-order valence-electron chi connectivity index (χ3n) is 6.37. The van der Waals surface area contributed by atoms with Gasteiger partial charge in [0, 0.05) is 23.7 Å². The first-order chi connectivity index (χ1) is 20.8. The molecule has 240 valence electrons. The van der Waals surface area contributed by atoms with Crippen molar-refractivity contribution < 1.29 is 49.4 Å². The van der Waals surface area contributed by atoms with Crippen LogP contribution in [0.2, 0.25) is 0 Å². The fourth-order valence-electron chi connectivity index (χ4n) is 3.89. The maximum absolute atomic E-state index is 14.4. The molecule has 0 aliphatic carbocycles. The molecule has 0 radical (unpaired) electrons. The minimum Gasteiger partial charge on any atom is -0.493 e. The number of rotatable bonds is 15. The van der Waals surface area contributed by atoms with Gasteiger partial charge in [0.15, 0.2) is 28.2 Å². The zero-order valence-corrected chi connectivity index (χ0v) is 25.8. The molecule has 0 aliphatic rings. The first-order valence-electron chi connectivity index (χ1n) is 13.6. The highest BCUT2D eigenvalue weighted by molar-refractivity contribution is 7.89. The molecule has 3 aromatic rings. The number of amides is 1. The first-order valence-corrected chi connectivity index (χ1v) is 15.9. The maximum Gasteiger partial charge on any atom is 0.341 e. The SMILES string of the molecule is CCCCOC(=O)c1ccc(N(Cc2cccs2)C(=O)CN(C)S(=O)(=O)c2c(F)c(F)c(F)c(F)c2F)cc1OCCCC. The van der Waals surface area contributed by atoms with E-state index in [9.17, 15) is 40.0 Å². The molecule has 15 heteroatoms. The highest BCUT2D eigenvalue weighted by Crippen LogP contribution is 2.31. The molecule has 8 nitrogen and oxygen atoms in total. The second-order valence-electron chi connectivity index (χ2n) is 9.59. The van der Waals surface area contributed by atoms with Crippen molar-refractivity contribution in [1.82, 2.24) is 4.31 Å². The van der Waals surface area contributed by atoms with Crippen molar-refractivity contribution in [1.29, 1.82) is 0 Å². The summed E-state index contributed by atoms with van der Waals surface area (Å²) in [6.07, 6.45) is 2.91. The lowest BCUT2D eigenvalue weighted by molar-refractivity contribution is -0.118. The van der Waals surface area contributed by atoms with Crippen LogP contribution in [0.5, 0.6) is 5.75 Å². The highest BCUT2D eigenvalue weighted by Gasteiger charge is 2.37. The van der Waals surface area contributed by atoms with Gasteiger partial charge in [-0.3, -0.25) is 4.79 Å². The molecular formula is C29H31F5N2O6S2. The quantitative estimate of drug-likeness (QED) is 0.0612. The number of ether oxygens (including phenoxy) is 2. The number of esters is 1. The Balaban J connectivity index is 2.00. The van der Waals surface area contributed by atoms with Crippen LogP contribution in [-0.4, -0.2) is 51.4 Å². The van der Waals surface area contributed by atoms with E-state index in [4.69, 9.17) is 9.47 Å². The van der Waals surface area contributed by atoms with Crippen LogP contribution < -0.4 is 9.64 Å². The summed E-state index contributed by atoms with van der Waals surface area (Å²) in [5, 5.41) is 1.74. The monoisotopic (exact) mass is 662 g/mol. The minimum absolute atomic E-state index is 0.0817. The molecule has 0 aliphatic heterocycles. The number of nitrogens with zero attached hydrogens (tertiary/aromatic N) is 2. The molecule has 0 saturated carbocycles. The van der Waals surface area contributed by atoms with Crippen LogP contribution in [0.4, 0.5) is 27.6 Å². The van der Waals surface area contributed by atoms with E-state index in [2.05, 4.69) is 0 Å². The van der Waals surface area contributed by atoms with Crippen LogP contribution in [0.15, 0.2) is 40.6 Å². The van der Waals surface area contributed by atoms with Gasteiger partial charge >= 0.3 is 5.97 Å². The molecule has 0 N–H and O–H groups in total. The smallest absolute Gasteiger partial charge is 0.341 e. The molecule has 0 atom stereocenters. The number of hydrogen-bond donors (Lipinski definition) is 0. The van der Waals surface area contributed by atoms with Gasteiger partial charge in [-0.15, -0.1) is 11.3 Å². The summed E-state index contributed by atoms with van der Waals surface area (Å²) in [5.74, 6) is -13.9. The molecule has 44 heavy (non-hydrogen) atoms. The predicted molar refractivity (Wildman–Crippen MR) is 154 cm³/mol. The fourth-order valence-corrected chi connectivity index (χ4v) is 5.81. The van der Waals surface area contributed by atoms with Crippen LogP contribution in [0, 0.1) is 29.1 Å². The summed E-state index contributed by atoms with van der Waals surface area (Å²) in [4.78, 5) is 26.1. The molecule has 0 saturated heterocycles. The molecule has 0 bridgehead atoms. The molecule has 0 spiro atoms. The van der Waals surface area contributed by atoms with Crippen LogP contribution in [0.25, 0.3) is 0 Å². The van der Waals surface area contributed by atoms with Crippen molar-refractivity contribution in [3.05, 3.63) is 75.2 Å². The molecule has 1 heterocycles. The van der Waals surface area contributed by atoms with Crippen molar-refractivity contribution in [3.63, 3.8) is 0 Å². The Kier molecular flexibility index (Phi) is 12.3. The van der Waals surface area contributed by atoms with Gasteiger partial charge in [-0.25, -0.2) is 35.2 Å². The van der Waals surface area contributed by atoms with E-state index in [0.717, 1.165) is 24.8 Å². The van der Waals surface area contributed by atoms with E-state index in [-0.39, 0.29) is 41.1 Å². The van der Waals surface area contributed by atoms with E-state index in [0.29, 0.717) is 17.7 Å².